The van der Waals surface area contributed by atoms with E-state index in [1.807, 2.05) is 27.2 Å². The van der Waals surface area contributed by atoms with Crippen molar-refractivity contribution in [1.29, 1.82) is 0 Å². The number of rotatable bonds is 48. The molecule has 9 heteroatoms. The molecule has 0 heterocycles. The molecule has 0 aliphatic carbocycles. The topological polar surface area (TPSA) is 105 Å². The monoisotopic (exact) mass is 920 g/mol. The van der Waals surface area contributed by atoms with Gasteiger partial charge >= 0.3 is 7.82 Å². The molecule has 0 aliphatic heterocycles. The van der Waals surface area contributed by atoms with Gasteiger partial charge in [-0.15, -0.1) is 0 Å². The highest BCUT2D eigenvalue weighted by molar-refractivity contribution is 7.47. The summed E-state index contributed by atoms with van der Waals surface area (Å²) in [7, 11) is 1.57. The van der Waals surface area contributed by atoms with Crippen molar-refractivity contribution in [3.8, 4) is 0 Å². The predicted octanol–water partition coefficient (Wildman–Crippen LogP) is 15.8. The fraction of sp³-hybridized carbons (Fsp3) is 0.800. The van der Waals surface area contributed by atoms with Crippen molar-refractivity contribution in [3.63, 3.8) is 0 Å². The molecule has 0 rings (SSSR count). The minimum atomic E-state index is -4.32. The number of carbonyl (C=O) groups is 1. The van der Waals surface area contributed by atoms with Crippen LogP contribution in [0.2, 0.25) is 0 Å². The maximum Gasteiger partial charge on any atom is 0.472 e. The zero-order valence-corrected chi connectivity index (χ0v) is 43.4. The number of quaternary nitrogens is 1. The molecule has 374 valence electrons. The highest BCUT2D eigenvalue weighted by atomic mass is 31.2. The molecule has 1 amide bonds. The van der Waals surface area contributed by atoms with E-state index in [4.69, 9.17) is 9.05 Å². The highest BCUT2D eigenvalue weighted by Gasteiger charge is 2.27. The number of nitrogens with one attached hydrogen (secondary N) is 1. The average molecular weight is 920 g/mol. The smallest absolute Gasteiger partial charge is 0.387 e. The van der Waals surface area contributed by atoms with E-state index >= 15 is 0 Å². The van der Waals surface area contributed by atoms with Crippen LogP contribution in [0.3, 0.4) is 0 Å². The van der Waals surface area contributed by atoms with E-state index in [0.29, 0.717) is 17.4 Å². The standard InChI is InChI=1S/C55H103N2O6P/c1-6-8-10-12-13-14-15-16-17-18-19-20-21-22-23-24-25-26-27-28-29-30-31-32-33-34-35-36-37-38-39-40-41-42-43-45-47-49-55(59)56-53(54(58)48-46-44-11-9-7-2)52-63-64(60,61)62-51-50-57(3,4)5/h8,10,13-14,16-17,19-20,46,48,53-54,58H,6-7,9,11-12,15,18,21-45,47,49-52H2,1-5H3,(H-,56,59,60,61)/p+1/b10-8-,14-13-,17-16-,20-19-,48-46+. The van der Waals surface area contributed by atoms with Crippen molar-refractivity contribution in [3.05, 3.63) is 60.8 Å². The van der Waals surface area contributed by atoms with Gasteiger partial charge < -0.3 is 19.8 Å². The van der Waals surface area contributed by atoms with Crippen molar-refractivity contribution in [1.82, 2.24) is 5.32 Å². The lowest BCUT2D eigenvalue weighted by molar-refractivity contribution is -0.870. The summed E-state index contributed by atoms with van der Waals surface area (Å²) in [6.07, 6.45) is 62.5. The van der Waals surface area contributed by atoms with Gasteiger partial charge in [0.05, 0.1) is 39.9 Å². The number of phosphoric ester groups is 1. The Morgan fingerprint density at radius 1 is 0.547 bits per heavy atom. The van der Waals surface area contributed by atoms with Crippen LogP contribution in [-0.2, 0) is 18.4 Å². The predicted molar refractivity (Wildman–Crippen MR) is 277 cm³/mol. The van der Waals surface area contributed by atoms with E-state index in [-0.39, 0.29) is 19.1 Å². The molecular weight excluding hydrogens is 816 g/mol. The lowest BCUT2D eigenvalue weighted by Gasteiger charge is -2.25. The van der Waals surface area contributed by atoms with Crippen LogP contribution in [0.1, 0.15) is 232 Å². The maximum absolute atomic E-state index is 12.8. The fourth-order valence-corrected chi connectivity index (χ4v) is 8.30. The van der Waals surface area contributed by atoms with Crippen LogP contribution in [0.15, 0.2) is 60.8 Å². The number of hydrogen-bond donors (Lipinski definition) is 3. The van der Waals surface area contributed by atoms with Gasteiger partial charge in [0.15, 0.2) is 0 Å². The molecule has 3 N–H and O–H groups in total. The SMILES string of the molecule is CC/C=C\C/C=C\C/C=C\C/C=C\CCCCCCCCCCCCCCCCCCCCCCCCCCC(=O)NC(COP(=O)(O)OCC[N+](C)(C)C)C(O)/C=C/CCCCC. The Kier molecular flexibility index (Phi) is 45.0. The van der Waals surface area contributed by atoms with Gasteiger partial charge in [0.2, 0.25) is 5.91 Å². The first-order chi connectivity index (χ1) is 31.0. The van der Waals surface area contributed by atoms with Crippen molar-refractivity contribution in [2.75, 3.05) is 40.9 Å². The number of carbonyl (C=O) groups excluding carboxylic acids is 1. The summed E-state index contributed by atoms with van der Waals surface area (Å²) in [6.45, 7) is 4.59. The first-order valence-corrected chi connectivity index (χ1v) is 28.2. The summed E-state index contributed by atoms with van der Waals surface area (Å²) >= 11 is 0. The van der Waals surface area contributed by atoms with Gasteiger partial charge in [0.1, 0.15) is 13.2 Å². The van der Waals surface area contributed by atoms with Crippen LogP contribution in [0.5, 0.6) is 0 Å². The van der Waals surface area contributed by atoms with Crippen LogP contribution in [0.4, 0.5) is 0 Å². The van der Waals surface area contributed by atoms with Gasteiger partial charge in [-0.05, 0) is 57.8 Å². The molecule has 64 heavy (non-hydrogen) atoms. The van der Waals surface area contributed by atoms with Gasteiger partial charge in [-0.3, -0.25) is 13.8 Å². The summed E-state index contributed by atoms with van der Waals surface area (Å²) in [6, 6.07) is -0.841. The summed E-state index contributed by atoms with van der Waals surface area (Å²) in [5, 5.41) is 13.6. The molecule has 0 bridgehead atoms. The van der Waals surface area contributed by atoms with Crippen LogP contribution in [-0.4, -0.2) is 73.4 Å². The summed E-state index contributed by atoms with van der Waals surface area (Å²) < 4.78 is 23.4. The molecule has 0 aromatic rings. The Labute approximate surface area is 396 Å². The maximum atomic E-state index is 12.8. The fourth-order valence-electron chi connectivity index (χ4n) is 7.56. The van der Waals surface area contributed by atoms with E-state index in [1.165, 1.54) is 141 Å². The molecule has 8 nitrogen and oxygen atoms in total. The number of phosphoric acid groups is 1. The number of likely N-dealkylation sites (N-methyl/N-ethyl adjacent to an activating group) is 1. The van der Waals surface area contributed by atoms with Crippen LogP contribution < -0.4 is 5.32 Å². The number of aliphatic hydroxyl groups is 1. The van der Waals surface area contributed by atoms with Gasteiger partial charge in [0.25, 0.3) is 0 Å². The second-order valence-electron chi connectivity index (χ2n) is 19.2. The minimum Gasteiger partial charge on any atom is -0.387 e. The average Bonchev–Trinajstić information content (AvgIpc) is 3.25. The van der Waals surface area contributed by atoms with E-state index in [1.54, 1.807) is 6.08 Å². The molecule has 0 saturated carbocycles. The number of hydrogen-bond acceptors (Lipinski definition) is 5. The Hall–Kier alpha value is -1.80. The first kappa shape index (κ1) is 62.2. The Balaban J connectivity index is 3.72. The third-order valence-electron chi connectivity index (χ3n) is 11.7. The molecular formula is C55H104N2O6P+. The van der Waals surface area contributed by atoms with Gasteiger partial charge in [-0.25, -0.2) is 4.57 Å². The van der Waals surface area contributed by atoms with Crippen molar-refractivity contribution in [2.45, 2.75) is 244 Å². The normalized spacial score (nSPS) is 14.5. The van der Waals surface area contributed by atoms with Crippen molar-refractivity contribution in [2.24, 2.45) is 0 Å². The molecule has 0 aromatic carbocycles. The molecule has 3 unspecified atom stereocenters. The highest BCUT2D eigenvalue weighted by Crippen LogP contribution is 2.43. The zero-order valence-electron chi connectivity index (χ0n) is 42.5. The number of aliphatic hydroxyl groups excluding tert-OH is 1. The minimum absolute atomic E-state index is 0.0609. The largest absolute Gasteiger partial charge is 0.472 e. The Bertz CT molecular complexity index is 1230. The lowest BCUT2D eigenvalue weighted by atomic mass is 10.0. The number of unbranched alkanes of at least 4 members (excludes halogenated alkanes) is 27. The first-order valence-electron chi connectivity index (χ1n) is 26.7. The lowest BCUT2D eigenvalue weighted by Crippen LogP contribution is -2.45. The summed E-state index contributed by atoms with van der Waals surface area (Å²) in [5.41, 5.74) is 0. The molecule has 0 fully saturated rings. The Morgan fingerprint density at radius 3 is 1.38 bits per heavy atom. The summed E-state index contributed by atoms with van der Waals surface area (Å²) in [4.78, 5) is 23.0. The van der Waals surface area contributed by atoms with E-state index in [0.717, 1.165) is 70.6 Å². The molecule has 0 radical (unpaired) electrons. The molecule has 0 saturated heterocycles. The van der Waals surface area contributed by atoms with E-state index in [9.17, 15) is 19.4 Å². The van der Waals surface area contributed by atoms with E-state index in [2.05, 4.69) is 67.8 Å². The van der Waals surface area contributed by atoms with Crippen molar-refractivity contribution >= 4 is 13.7 Å². The molecule has 0 aliphatic rings. The third-order valence-corrected chi connectivity index (χ3v) is 12.7. The van der Waals surface area contributed by atoms with E-state index < -0.39 is 20.0 Å². The summed E-state index contributed by atoms with van der Waals surface area (Å²) in [5.74, 6) is -0.182. The van der Waals surface area contributed by atoms with Crippen LogP contribution in [0.25, 0.3) is 0 Å². The second-order valence-corrected chi connectivity index (χ2v) is 20.7. The van der Waals surface area contributed by atoms with Gasteiger partial charge in [-0.1, -0.05) is 229 Å². The van der Waals surface area contributed by atoms with Gasteiger partial charge in [-0.2, -0.15) is 0 Å². The number of nitrogens with zero attached hydrogens (tertiary/aromatic N) is 1. The molecule has 0 aromatic heterocycles. The number of allylic oxidation sites excluding steroid dienone is 9. The molecule has 0 spiro atoms. The second kappa shape index (κ2) is 46.3. The molecule has 3 atom stereocenters. The van der Waals surface area contributed by atoms with Crippen LogP contribution >= 0.6 is 7.82 Å². The quantitative estimate of drug-likeness (QED) is 0.0243. The zero-order chi connectivity index (χ0) is 47.1. The van der Waals surface area contributed by atoms with Crippen molar-refractivity contribution < 1.29 is 32.9 Å². The van der Waals surface area contributed by atoms with Gasteiger partial charge in [0, 0.05) is 6.42 Å². The number of amides is 1. The van der Waals surface area contributed by atoms with Crippen LogP contribution in [0, 0.1) is 0 Å². The Morgan fingerprint density at radius 2 is 0.938 bits per heavy atom. The third kappa shape index (κ3) is 48.1.